The summed E-state index contributed by atoms with van der Waals surface area (Å²) in [6.45, 7) is 4.10. The van der Waals surface area contributed by atoms with Crippen LogP contribution in [-0.2, 0) is 11.2 Å². The number of hydrogen-bond donors (Lipinski definition) is 3. The minimum atomic E-state index is -0.230. The molecule has 140 valence electrons. The molecule has 1 heterocycles. The van der Waals surface area contributed by atoms with Gasteiger partial charge in [-0.25, -0.2) is 4.98 Å². The highest BCUT2D eigenvalue weighted by Crippen LogP contribution is 2.23. The van der Waals surface area contributed by atoms with Gasteiger partial charge in [0.15, 0.2) is 10.7 Å². The van der Waals surface area contributed by atoms with E-state index >= 15 is 0 Å². The van der Waals surface area contributed by atoms with E-state index in [0.29, 0.717) is 15.9 Å². The van der Waals surface area contributed by atoms with Crippen LogP contribution in [0.2, 0.25) is 0 Å². The molecule has 0 radical (unpaired) electrons. The summed E-state index contributed by atoms with van der Waals surface area (Å²) in [5, 5.41) is 3.94. The van der Waals surface area contributed by atoms with Gasteiger partial charge in [0, 0.05) is 5.69 Å². The number of anilines is 1. The van der Waals surface area contributed by atoms with E-state index in [1.807, 2.05) is 49.4 Å². The van der Waals surface area contributed by atoms with E-state index in [-0.39, 0.29) is 11.7 Å². The van der Waals surface area contributed by atoms with Gasteiger partial charge in [0.25, 0.3) is 5.22 Å². The zero-order valence-corrected chi connectivity index (χ0v) is 16.7. The van der Waals surface area contributed by atoms with E-state index < -0.39 is 0 Å². The number of fused-ring (bicyclic) bond motifs is 1. The Kier molecular flexibility index (Phi) is 6.31. The normalized spacial score (nSPS) is 10.6. The summed E-state index contributed by atoms with van der Waals surface area (Å²) < 4.78 is 5.58. The summed E-state index contributed by atoms with van der Waals surface area (Å²) in [6.07, 6.45) is 0.889. The van der Waals surface area contributed by atoms with Gasteiger partial charge in [-0.15, -0.1) is 0 Å². The molecule has 0 bridgehead atoms. The van der Waals surface area contributed by atoms with Crippen molar-refractivity contribution in [3.8, 4) is 0 Å². The second-order valence-electron chi connectivity index (χ2n) is 5.83. The van der Waals surface area contributed by atoms with Gasteiger partial charge in [0.1, 0.15) is 5.52 Å². The third kappa shape index (κ3) is 4.99. The molecule has 8 heteroatoms. The highest BCUT2D eigenvalue weighted by atomic mass is 32.2. The predicted octanol–water partition coefficient (Wildman–Crippen LogP) is 3.81. The highest BCUT2D eigenvalue weighted by Gasteiger charge is 2.10. The van der Waals surface area contributed by atoms with Crippen molar-refractivity contribution in [3.63, 3.8) is 0 Å². The fraction of sp³-hybridized carbons (Fsp3) is 0.211. The molecule has 0 aliphatic rings. The average Bonchev–Trinajstić information content (AvgIpc) is 3.09. The quantitative estimate of drug-likeness (QED) is 0.341. The lowest BCUT2D eigenvalue weighted by atomic mass is 10.1. The van der Waals surface area contributed by atoms with E-state index in [4.69, 9.17) is 16.6 Å². The Bertz CT molecular complexity index is 938. The van der Waals surface area contributed by atoms with Gasteiger partial charge >= 0.3 is 0 Å². The molecule has 3 N–H and O–H groups in total. The molecule has 27 heavy (non-hydrogen) atoms. The summed E-state index contributed by atoms with van der Waals surface area (Å²) in [5.74, 6) is -0.0700. The molecular formula is C19H20N4O2S2. The molecule has 0 saturated carbocycles. The van der Waals surface area contributed by atoms with Gasteiger partial charge in [-0.1, -0.05) is 49.0 Å². The first-order valence-electron chi connectivity index (χ1n) is 8.49. The number of rotatable bonds is 5. The summed E-state index contributed by atoms with van der Waals surface area (Å²) in [5.41, 5.74) is 10.0. The molecule has 6 nitrogen and oxygen atoms in total. The van der Waals surface area contributed by atoms with Crippen LogP contribution >= 0.6 is 24.0 Å². The van der Waals surface area contributed by atoms with E-state index in [9.17, 15) is 4.79 Å². The Morgan fingerprint density at radius 1 is 1.19 bits per heavy atom. The fourth-order valence-electron chi connectivity index (χ4n) is 2.55. The Morgan fingerprint density at radius 2 is 2.00 bits per heavy atom. The van der Waals surface area contributed by atoms with Gasteiger partial charge in [0.05, 0.1) is 5.75 Å². The Balaban J connectivity index is 1.48. The number of para-hydroxylation sites is 3. The molecule has 3 rings (SSSR count). The lowest BCUT2D eigenvalue weighted by molar-refractivity contribution is -0.119. The van der Waals surface area contributed by atoms with Crippen LogP contribution in [0.5, 0.6) is 0 Å². The van der Waals surface area contributed by atoms with Crippen LogP contribution in [0.3, 0.4) is 0 Å². The van der Waals surface area contributed by atoms with Crippen LogP contribution in [0, 0.1) is 6.92 Å². The number of hydrazine groups is 1. The van der Waals surface area contributed by atoms with Crippen LogP contribution in [-0.4, -0.2) is 21.8 Å². The first-order valence-corrected chi connectivity index (χ1v) is 9.89. The number of hydrogen-bond acceptors (Lipinski definition) is 5. The zero-order chi connectivity index (χ0) is 19.2. The standard InChI is InChI=1S/C19H20N4O2S2/c1-3-13-8-6-7-12(2)17(13)21-18(26)23-22-16(24)11-27-19-20-14-9-4-5-10-15(14)25-19/h4-10H,3,11H2,1-2H3,(H,22,24)(H2,21,23,26). The maximum Gasteiger partial charge on any atom is 0.257 e. The van der Waals surface area contributed by atoms with E-state index in [1.54, 1.807) is 0 Å². The van der Waals surface area contributed by atoms with Crippen LogP contribution in [0.15, 0.2) is 52.1 Å². The first-order chi connectivity index (χ1) is 13.1. The van der Waals surface area contributed by atoms with Crippen LogP contribution in [0.25, 0.3) is 11.1 Å². The first kappa shape index (κ1) is 19.2. The number of nitrogens with one attached hydrogen (secondary N) is 3. The Labute approximate surface area is 167 Å². The minimum absolute atomic E-state index is 0.160. The topological polar surface area (TPSA) is 79.2 Å². The number of nitrogens with zero attached hydrogens (tertiary/aromatic N) is 1. The number of oxazole rings is 1. The molecule has 0 aliphatic heterocycles. The molecule has 2 aromatic carbocycles. The number of benzene rings is 2. The lowest BCUT2D eigenvalue weighted by Crippen LogP contribution is -2.44. The van der Waals surface area contributed by atoms with Gasteiger partial charge < -0.3 is 9.73 Å². The Hall–Kier alpha value is -2.58. The van der Waals surface area contributed by atoms with Gasteiger partial charge in [-0.2, -0.15) is 0 Å². The lowest BCUT2D eigenvalue weighted by Gasteiger charge is -2.16. The average molecular weight is 401 g/mol. The second-order valence-corrected chi connectivity index (χ2v) is 7.16. The van der Waals surface area contributed by atoms with Crippen molar-refractivity contribution in [1.82, 2.24) is 15.8 Å². The number of amides is 1. The van der Waals surface area contributed by atoms with Crippen LogP contribution < -0.4 is 16.2 Å². The number of aryl methyl sites for hydroxylation is 2. The SMILES string of the molecule is CCc1cccc(C)c1NC(=S)NNC(=O)CSc1nc2ccccc2o1. The van der Waals surface area contributed by atoms with E-state index in [0.717, 1.165) is 28.8 Å². The monoisotopic (exact) mass is 400 g/mol. The van der Waals surface area contributed by atoms with Crippen molar-refractivity contribution in [2.24, 2.45) is 0 Å². The number of carbonyl (C=O) groups is 1. The molecule has 0 spiro atoms. The maximum atomic E-state index is 12.0. The second kappa shape index (κ2) is 8.88. The number of carbonyl (C=O) groups excluding carboxylic acids is 1. The smallest absolute Gasteiger partial charge is 0.257 e. The van der Waals surface area contributed by atoms with Crippen molar-refractivity contribution in [2.75, 3.05) is 11.1 Å². The largest absolute Gasteiger partial charge is 0.431 e. The van der Waals surface area contributed by atoms with Crippen molar-refractivity contribution in [1.29, 1.82) is 0 Å². The van der Waals surface area contributed by atoms with Crippen LogP contribution in [0.1, 0.15) is 18.1 Å². The highest BCUT2D eigenvalue weighted by molar-refractivity contribution is 7.99. The molecule has 0 unspecified atom stereocenters. The molecule has 0 aliphatic carbocycles. The summed E-state index contributed by atoms with van der Waals surface area (Å²) >= 11 is 6.49. The molecule has 1 amide bonds. The third-order valence-electron chi connectivity index (χ3n) is 3.89. The molecule has 1 aromatic heterocycles. The molecule has 0 fully saturated rings. The fourth-order valence-corrected chi connectivity index (χ4v) is 3.34. The van der Waals surface area contributed by atoms with Crippen molar-refractivity contribution in [2.45, 2.75) is 25.5 Å². The van der Waals surface area contributed by atoms with Gasteiger partial charge in [-0.3, -0.25) is 15.6 Å². The summed E-state index contributed by atoms with van der Waals surface area (Å²) in [7, 11) is 0. The van der Waals surface area contributed by atoms with Crippen molar-refractivity contribution >= 4 is 51.8 Å². The molecule has 3 aromatic rings. The summed E-state index contributed by atoms with van der Waals surface area (Å²) in [6, 6.07) is 13.6. The molecule has 0 atom stereocenters. The zero-order valence-electron chi connectivity index (χ0n) is 15.0. The van der Waals surface area contributed by atoms with Crippen molar-refractivity contribution in [3.05, 3.63) is 53.6 Å². The predicted molar refractivity (Wildman–Crippen MR) is 113 cm³/mol. The minimum Gasteiger partial charge on any atom is -0.431 e. The molecular weight excluding hydrogens is 380 g/mol. The number of aromatic nitrogens is 1. The van der Waals surface area contributed by atoms with E-state index in [1.165, 1.54) is 11.8 Å². The van der Waals surface area contributed by atoms with E-state index in [2.05, 4.69) is 28.1 Å². The van der Waals surface area contributed by atoms with Gasteiger partial charge in [-0.05, 0) is 48.8 Å². The number of thiocarbonyl (C=S) groups is 1. The maximum absolute atomic E-state index is 12.0. The van der Waals surface area contributed by atoms with Crippen molar-refractivity contribution < 1.29 is 9.21 Å². The molecule has 0 saturated heterocycles. The van der Waals surface area contributed by atoms with Crippen LogP contribution in [0.4, 0.5) is 5.69 Å². The number of thioether (sulfide) groups is 1. The third-order valence-corrected chi connectivity index (χ3v) is 4.93. The van der Waals surface area contributed by atoms with Gasteiger partial charge in [0.2, 0.25) is 5.91 Å². The summed E-state index contributed by atoms with van der Waals surface area (Å²) in [4.78, 5) is 16.3. The Morgan fingerprint density at radius 3 is 2.78 bits per heavy atom.